The molecule has 2 rings (SSSR count). The molecule has 5 heteroatoms. The van der Waals surface area contributed by atoms with Crippen molar-refractivity contribution in [2.75, 3.05) is 31.5 Å². The fourth-order valence-corrected chi connectivity index (χ4v) is 2.11. The third kappa shape index (κ3) is 3.51. The molecular weight excluding hydrogens is 233 g/mol. The van der Waals surface area contributed by atoms with Gasteiger partial charge in [-0.25, -0.2) is 4.39 Å². The molecule has 1 unspecified atom stereocenters. The van der Waals surface area contributed by atoms with Gasteiger partial charge in [0.05, 0.1) is 12.2 Å². The van der Waals surface area contributed by atoms with Crippen molar-refractivity contribution in [3.8, 4) is 0 Å². The third-order valence-corrected chi connectivity index (χ3v) is 2.97. The number of rotatable bonds is 3. The minimum Gasteiger partial charge on any atom is -0.322 e. The normalized spacial score (nSPS) is 20.7. The van der Waals surface area contributed by atoms with Gasteiger partial charge in [-0.2, -0.15) is 0 Å². The van der Waals surface area contributed by atoms with Gasteiger partial charge in [-0.3, -0.25) is 9.69 Å². The molecule has 1 aromatic carbocycles. The molecule has 1 saturated heterocycles. The van der Waals surface area contributed by atoms with E-state index in [1.807, 2.05) is 0 Å². The first-order chi connectivity index (χ1) is 8.65. The van der Waals surface area contributed by atoms with Crippen molar-refractivity contribution < 1.29 is 9.18 Å². The van der Waals surface area contributed by atoms with E-state index in [1.54, 1.807) is 18.2 Å². The molecule has 98 valence electrons. The average molecular weight is 251 g/mol. The molecule has 0 spiro atoms. The first-order valence-electron chi connectivity index (χ1n) is 6.15. The molecule has 1 atom stereocenters. The topological polar surface area (TPSA) is 44.4 Å². The maximum Gasteiger partial charge on any atom is 0.238 e. The summed E-state index contributed by atoms with van der Waals surface area (Å²) in [5.74, 6) is -0.575. The Morgan fingerprint density at radius 2 is 2.33 bits per heavy atom. The van der Waals surface area contributed by atoms with Crippen LogP contribution in [0, 0.1) is 5.82 Å². The van der Waals surface area contributed by atoms with E-state index in [9.17, 15) is 9.18 Å². The molecule has 0 radical (unpaired) electrons. The first-order valence-corrected chi connectivity index (χ1v) is 6.15. The van der Waals surface area contributed by atoms with Crippen molar-refractivity contribution in [2.24, 2.45) is 0 Å². The van der Waals surface area contributed by atoms with E-state index < -0.39 is 5.82 Å². The van der Waals surface area contributed by atoms with E-state index >= 15 is 0 Å². The maximum absolute atomic E-state index is 13.4. The molecule has 1 amide bonds. The van der Waals surface area contributed by atoms with Crippen LogP contribution in [0.5, 0.6) is 0 Å². The summed E-state index contributed by atoms with van der Waals surface area (Å²) in [4.78, 5) is 13.9. The van der Waals surface area contributed by atoms with Gasteiger partial charge in [-0.1, -0.05) is 12.1 Å². The van der Waals surface area contributed by atoms with E-state index in [4.69, 9.17) is 0 Å². The van der Waals surface area contributed by atoms with Crippen molar-refractivity contribution >= 4 is 11.6 Å². The Labute approximate surface area is 106 Å². The summed E-state index contributed by atoms with van der Waals surface area (Å²) in [6, 6.07) is 6.59. The van der Waals surface area contributed by atoms with Gasteiger partial charge in [0.15, 0.2) is 0 Å². The molecule has 0 bridgehead atoms. The van der Waals surface area contributed by atoms with Crippen LogP contribution in [0.3, 0.4) is 0 Å². The Morgan fingerprint density at radius 1 is 1.56 bits per heavy atom. The predicted octanol–water partition coefficient (Wildman–Crippen LogP) is 1.06. The highest BCUT2D eigenvalue weighted by atomic mass is 19.1. The zero-order valence-electron chi connectivity index (χ0n) is 10.4. The van der Waals surface area contributed by atoms with Crippen LogP contribution in [0.4, 0.5) is 10.1 Å². The second-order valence-corrected chi connectivity index (χ2v) is 4.62. The van der Waals surface area contributed by atoms with Crippen LogP contribution in [-0.2, 0) is 4.79 Å². The van der Waals surface area contributed by atoms with Gasteiger partial charge >= 0.3 is 0 Å². The predicted molar refractivity (Wildman–Crippen MR) is 68.9 cm³/mol. The number of para-hydroxylation sites is 1. The molecule has 2 N–H and O–H groups in total. The minimum absolute atomic E-state index is 0.172. The van der Waals surface area contributed by atoms with E-state index in [-0.39, 0.29) is 11.6 Å². The highest BCUT2D eigenvalue weighted by Gasteiger charge is 2.18. The SMILES string of the molecule is CC1CN(CC(=O)Nc2ccccc2F)CCN1. The fourth-order valence-electron chi connectivity index (χ4n) is 2.11. The average Bonchev–Trinajstić information content (AvgIpc) is 2.32. The van der Waals surface area contributed by atoms with Crippen molar-refractivity contribution in [3.05, 3.63) is 30.1 Å². The molecule has 1 aliphatic heterocycles. The van der Waals surface area contributed by atoms with Gasteiger partial charge in [0.1, 0.15) is 5.82 Å². The smallest absolute Gasteiger partial charge is 0.238 e. The first kappa shape index (κ1) is 13.0. The Bertz CT molecular complexity index is 424. The fraction of sp³-hybridized carbons (Fsp3) is 0.462. The molecule has 1 aliphatic rings. The number of amides is 1. The zero-order chi connectivity index (χ0) is 13.0. The summed E-state index contributed by atoms with van der Waals surface area (Å²) in [6.07, 6.45) is 0. The Hall–Kier alpha value is -1.46. The van der Waals surface area contributed by atoms with Crippen molar-refractivity contribution in [3.63, 3.8) is 0 Å². The lowest BCUT2D eigenvalue weighted by atomic mass is 10.2. The number of anilines is 1. The summed E-state index contributed by atoms with van der Waals surface area (Å²) in [5.41, 5.74) is 0.241. The Kier molecular flexibility index (Phi) is 4.28. The largest absolute Gasteiger partial charge is 0.322 e. The molecule has 4 nitrogen and oxygen atoms in total. The maximum atomic E-state index is 13.4. The number of nitrogens with zero attached hydrogens (tertiary/aromatic N) is 1. The van der Waals surface area contributed by atoms with Crippen LogP contribution < -0.4 is 10.6 Å². The van der Waals surface area contributed by atoms with Gasteiger partial charge in [-0.15, -0.1) is 0 Å². The lowest BCUT2D eigenvalue weighted by Crippen LogP contribution is -2.51. The van der Waals surface area contributed by atoms with Gasteiger partial charge in [-0.05, 0) is 19.1 Å². The summed E-state index contributed by atoms with van der Waals surface area (Å²) in [6.45, 7) is 4.95. The van der Waals surface area contributed by atoms with Crippen LogP contribution >= 0.6 is 0 Å². The number of carbonyl (C=O) groups is 1. The Morgan fingerprint density at radius 3 is 3.06 bits per heavy atom. The summed E-state index contributed by atoms with van der Waals surface area (Å²) in [7, 11) is 0. The van der Waals surface area contributed by atoms with Crippen molar-refractivity contribution in [1.82, 2.24) is 10.2 Å². The third-order valence-electron chi connectivity index (χ3n) is 2.97. The van der Waals surface area contributed by atoms with Crippen LogP contribution in [0.15, 0.2) is 24.3 Å². The van der Waals surface area contributed by atoms with Crippen molar-refractivity contribution in [2.45, 2.75) is 13.0 Å². The van der Waals surface area contributed by atoms with Crippen LogP contribution in [0.25, 0.3) is 0 Å². The van der Waals surface area contributed by atoms with Crippen molar-refractivity contribution in [1.29, 1.82) is 0 Å². The zero-order valence-corrected chi connectivity index (χ0v) is 10.4. The van der Waals surface area contributed by atoms with Crippen LogP contribution in [0.2, 0.25) is 0 Å². The van der Waals surface area contributed by atoms with Gasteiger partial charge in [0.2, 0.25) is 5.91 Å². The van der Waals surface area contributed by atoms with Gasteiger partial charge in [0, 0.05) is 25.7 Å². The van der Waals surface area contributed by atoms with E-state index in [2.05, 4.69) is 22.5 Å². The molecule has 1 aromatic rings. The lowest BCUT2D eigenvalue weighted by molar-refractivity contribution is -0.117. The number of carbonyl (C=O) groups excluding carboxylic acids is 1. The summed E-state index contributed by atoms with van der Waals surface area (Å²) >= 11 is 0. The quantitative estimate of drug-likeness (QED) is 0.844. The van der Waals surface area contributed by atoms with Gasteiger partial charge in [0.25, 0.3) is 0 Å². The molecule has 0 aliphatic carbocycles. The molecular formula is C13H18FN3O. The summed E-state index contributed by atoms with van der Waals surface area (Å²) < 4.78 is 13.4. The van der Waals surface area contributed by atoms with E-state index in [1.165, 1.54) is 6.07 Å². The van der Waals surface area contributed by atoms with E-state index in [0.29, 0.717) is 12.6 Å². The number of halogens is 1. The highest BCUT2D eigenvalue weighted by Crippen LogP contribution is 2.12. The molecule has 18 heavy (non-hydrogen) atoms. The number of piperazine rings is 1. The van der Waals surface area contributed by atoms with E-state index in [0.717, 1.165) is 19.6 Å². The van der Waals surface area contributed by atoms with Gasteiger partial charge < -0.3 is 10.6 Å². The molecule has 1 fully saturated rings. The molecule has 1 heterocycles. The minimum atomic E-state index is -0.403. The number of benzene rings is 1. The number of nitrogens with one attached hydrogen (secondary N) is 2. The number of hydrogen-bond acceptors (Lipinski definition) is 3. The second-order valence-electron chi connectivity index (χ2n) is 4.62. The second kappa shape index (κ2) is 5.93. The van der Waals surface area contributed by atoms with Crippen LogP contribution in [-0.4, -0.2) is 43.0 Å². The summed E-state index contributed by atoms with van der Waals surface area (Å²) in [5, 5.41) is 5.91. The molecule has 0 saturated carbocycles. The highest BCUT2D eigenvalue weighted by molar-refractivity contribution is 5.92. The molecule has 0 aromatic heterocycles. The lowest BCUT2D eigenvalue weighted by Gasteiger charge is -2.31. The number of hydrogen-bond donors (Lipinski definition) is 2. The standard InChI is InChI=1S/C13H18FN3O/c1-10-8-17(7-6-15-10)9-13(18)16-12-5-3-2-4-11(12)14/h2-5,10,15H,6-9H2,1H3,(H,16,18). The Balaban J connectivity index is 1.87. The monoisotopic (exact) mass is 251 g/mol. The van der Waals surface area contributed by atoms with Crippen LogP contribution in [0.1, 0.15) is 6.92 Å².